The summed E-state index contributed by atoms with van der Waals surface area (Å²) in [7, 11) is 5.75. The Hall–Kier alpha value is -1.96. The third kappa shape index (κ3) is 2.41. The van der Waals surface area contributed by atoms with Crippen LogP contribution in [-0.4, -0.2) is 21.2 Å². The Balaban J connectivity index is 2.52. The maximum absolute atomic E-state index is 5.26. The molecule has 0 heterocycles. The zero-order chi connectivity index (χ0) is 12.3. The Bertz CT molecular complexity index is 506. The van der Waals surface area contributed by atoms with Crippen molar-refractivity contribution in [1.29, 1.82) is 0 Å². The molecular weight excluding hydrogens is 210 g/mol. The van der Waals surface area contributed by atoms with Gasteiger partial charge in [-0.25, -0.2) is 0 Å². The molecule has 2 rings (SSSR count). The Labute approximate surface area is 102 Å². The number of ether oxygens (including phenoxy) is 1. The van der Waals surface area contributed by atoms with Crippen molar-refractivity contribution in [3.8, 4) is 16.9 Å². The molecule has 0 unspecified atom stereocenters. The molecule has 0 N–H and O–H groups in total. The first-order valence-electron chi connectivity index (χ1n) is 5.54. The highest BCUT2D eigenvalue weighted by molar-refractivity contribution is 5.78. The van der Waals surface area contributed by atoms with E-state index in [4.69, 9.17) is 4.74 Å². The van der Waals surface area contributed by atoms with Gasteiger partial charge in [0.25, 0.3) is 0 Å². The summed E-state index contributed by atoms with van der Waals surface area (Å²) in [6.07, 6.45) is 0. The van der Waals surface area contributed by atoms with Crippen molar-refractivity contribution in [1.82, 2.24) is 0 Å². The van der Waals surface area contributed by atoms with Crippen molar-refractivity contribution >= 4 is 5.69 Å². The molecule has 2 aromatic rings. The average Bonchev–Trinajstić information content (AvgIpc) is 2.39. The standard InChI is InChI=1S/C15H16NO/c1-16(2)15-10-5-4-9-14(15)12-7-6-8-13(11-12)17-3/h4,6-11H,1-3H3. The predicted molar refractivity (Wildman–Crippen MR) is 71.6 cm³/mol. The number of methoxy groups -OCH3 is 1. The maximum atomic E-state index is 5.26. The topological polar surface area (TPSA) is 12.5 Å². The summed E-state index contributed by atoms with van der Waals surface area (Å²) in [5.74, 6) is 0.875. The lowest BCUT2D eigenvalue weighted by Crippen LogP contribution is -2.09. The van der Waals surface area contributed by atoms with Crippen molar-refractivity contribution in [2.45, 2.75) is 0 Å². The van der Waals surface area contributed by atoms with E-state index in [9.17, 15) is 0 Å². The van der Waals surface area contributed by atoms with Crippen molar-refractivity contribution in [3.63, 3.8) is 0 Å². The number of anilines is 1. The molecule has 0 aliphatic rings. The molecule has 0 saturated carbocycles. The summed E-state index contributed by atoms with van der Waals surface area (Å²) in [4.78, 5) is 2.09. The zero-order valence-corrected chi connectivity index (χ0v) is 10.4. The van der Waals surface area contributed by atoms with Crippen LogP contribution in [0.2, 0.25) is 0 Å². The fourth-order valence-corrected chi connectivity index (χ4v) is 1.83. The van der Waals surface area contributed by atoms with Gasteiger partial charge in [0.15, 0.2) is 0 Å². The van der Waals surface area contributed by atoms with E-state index >= 15 is 0 Å². The molecule has 0 atom stereocenters. The molecule has 0 aliphatic heterocycles. The monoisotopic (exact) mass is 226 g/mol. The first-order valence-corrected chi connectivity index (χ1v) is 5.54. The largest absolute Gasteiger partial charge is 0.497 e. The SMILES string of the molecule is COc1cccc(-c2cc[c]cc2N(C)C)c1. The molecule has 0 bridgehead atoms. The van der Waals surface area contributed by atoms with E-state index in [1.807, 2.05) is 44.4 Å². The fourth-order valence-electron chi connectivity index (χ4n) is 1.83. The molecule has 2 nitrogen and oxygen atoms in total. The molecule has 17 heavy (non-hydrogen) atoms. The predicted octanol–water partition coefficient (Wildman–Crippen LogP) is 3.23. The number of rotatable bonds is 3. The summed E-state index contributed by atoms with van der Waals surface area (Å²) < 4.78 is 5.26. The Morgan fingerprint density at radius 3 is 2.71 bits per heavy atom. The first kappa shape index (κ1) is 11.5. The van der Waals surface area contributed by atoms with Crippen LogP contribution in [-0.2, 0) is 0 Å². The average molecular weight is 226 g/mol. The van der Waals surface area contributed by atoms with Gasteiger partial charge in [-0.1, -0.05) is 24.3 Å². The van der Waals surface area contributed by atoms with E-state index in [1.54, 1.807) is 7.11 Å². The molecule has 87 valence electrons. The van der Waals surface area contributed by atoms with E-state index in [0.29, 0.717) is 0 Å². The van der Waals surface area contributed by atoms with Gasteiger partial charge in [0.2, 0.25) is 0 Å². The van der Waals surface area contributed by atoms with Gasteiger partial charge in [-0.2, -0.15) is 0 Å². The van der Waals surface area contributed by atoms with Crippen LogP contribution in [0.5, 0.6) is 5.75 Å². The molecule has 0 aromatic heterocycles. The second-order valence-corrected chi connectivity index (χ2v) is 4.07. The lowest BCUT2D eigenvalue weighted by atomic mass is 10.0. The molecule has 0 fully saturated rings. The van der Waals surface area contributed by atoms with E-state index in [-0.39, 0.29) is 0 Å². The van der Waals surface area contributed by atoms with Crippen molar-refractivity contribution in [2.24, 2.45) is 0 Å². The lowest BCUT2D eigenvalue weighted by molar-refractivity contribution is 0.415. The minimum Gasteiger partial charge on any atom is -0.497 e. The van der Waals surface area contributed by atoms with Gasteiger partial charge in [-0.15, -0.1) is 0 Å². The zero-order valence-electron chi connectivity index (χ0n) is 10.4. The highest BCUT2D eigenvalue weighted by Crippen LogP contribution is 2.31. The molecule has 0 aliphatic carbocycles. The van der Waals surface area contributed by atoms with Gasteiger partial charge < -0.3 is 9.64 Å². The smallest absolute Gasteiger partial charge is 0.119 e. The van der Waals surface area contributed by atoms with Crippen LogP contribution in [0.4, 0.5) is 5.69 Å². The third-order valence-corrected chi connectivity index (χ3v) is 2.70. The summed E-state index contributed by atoms with van der Waals surface area (Å²) in [6, 6.07) is 17.2. The number of nitrogens with zero attached hydrogens (tertiary/aromatic N) is 1. The van der Waals surface area contributed by atoms with Crippen LogP contribution in [0.25, 0.3) is 11.1 Å². The van der Waals surface area contributed by atoms with Crippen LogP contribution in [0, 0.1) is 6.07 Å². The number of benzene rings is 2. The van der Waals surface area contributed by atoms with Crippen LogP contribution in [0.15, 0.2) is 42.5 Å². The van der Waals surface area contributed by atoms with Crippen LogP contribution in [0.1, 0.15) is 0 Å². The summed E-state index contributed by atoms with van der Waals surface area (Å²) in [6.45, 7) is 0. The highest BCUT2D eigenvalue weighted by atomic mass is 16.5. The maximum Gasteiger partial charge on any atom is 0.119 e. The normalized spacial score (nSPS) is 10.1. The fraction of sp³-hybridized carbons (Fsp3) is 0.200. The minimum absolute atomic E-state index is 0.875. The number of hydrogen-bond donors (Lipinski definition) is 0. The van der Waals surface area contributed by atoms with Gasteiger partial charge in [0.1, 0.15) is 5.75 Å². The Morgan fingerprint density at radius 1 is 1.18 bits per heavy atom. The van der Waals surface area contributed by atoms with Crippen LogP contribution >= 0.6 is 0 Å². The van der Waals surface area contributed by atoms with Gasteiger partial charge in [-0.3, -0.25) is 0 Å². The summed E-state index contributed by atoms with van der Waals surface area (Å²) in [5.41, 5.74) is 3.50. The van der Waals surface area contributed by atoms with Crippen molar-refractivity contribution in [2.75, 3.05) is 26.1 Å². The lowest BCUT2D eigenvalue weighted by Gasteiger charge is -2.17. The van der Waals surface area contributed by atoms with E-state index in [1.165, 1.54) is 5.56 Å². The van der Waals surface area contributed by atoms with Crippen molar-refractivity contribution < 1.29 is 4.74 Å². The van der Waals surface area contributed by atoms with Crippen LogP contribution in [0.3, 0.4) is 0 Å². The van der Waals surface area contributed by atoms with E-state index in [2.05, 4.69) is 23.1 Å². The number of hydrogen-bond acceptors (Lipinski definition) is 2. The molecular formula is C15H16NO. The quantitative estimate of drug-likeness (QED) is 0.796. The van der Waals surface area contributed by atoms with E-state index < -0.39 is 0 Å². The molecule has 0 spiro atoms. The summed E-state index contributed by atoms with van der Waals surface area (Å²) in [5, 5.41) is 0. The molecule has 2 aromatic carbocycles. The molecule has 0 saturated heterocycles. The van der Waals surface area contributed by atoms with E-state index in [0.717, 1.165) is 17.0 Å². The third-order valence-electron chi connectivity index (χ3n) is 2.70. The summed E-state index contributed by atoms with van der Waals surface area (Å²) >= 11 is 0. The van der Waals surface area contributed by atoms with Gasteiger partial charge in [-0.05, 0) is 29.8 Å². The van der Waals surface area contributed by atoms with Gasteiger partial charge >= 0.3 is 0 Å². The Morgan fingerprint density at radius 2 is 2.00 bits per heavy atom. The van der Waals surface area contributed by atoms with Crippen molar-refractivity contribution in [3.05, 3.63) is 48.5 Å². The van der Waals surface area contributed by atoms with Gasteiger partial charge in [0.05, 0.1) is 7.11 Å². The first-order chi connectivity index (χ1) is 8.22. The highest BCUT2D eigenvalue weighted by Gasteiger charge is 2.06. The molecule has 0 amide bonds. The second-order valence-electron chi connectivity index (χ2n) is 4.07. The molecule has 1 radical (unpaired) electrons. The molecule has 2 heteroatoms. The van der Waals surface area contributed by atoms with Gasteiger partial charge in [0, 0.05) is 25.3 Å². The minimum atomic E-state index is 0.875. The Kier molecular flexibility index (Phi) is 3.33. The second kappa shape index (κ2) is 4.91. The van der Waals surface area contributed by atoms with Crippen LogP contribution < -0.4 is 9.64 Å².